The summed E-state index contributed by atoms with van der Waals surface area (Å²) in [6.07, 6.45) is 1.92. The molecule has 84 valence electrons. The monoisotopic (exact) mass is 201 g/mol. The van der Waals surface area contributed by atoms with E-state index in [1.807, 2.05) is 27.9 Å². The van der Waals surface area contributed by atoms with Crippen LogP contribution in [0.2, 0.25) is 0 Å². The van der Waals surface area contributed by atoms with Crippen molar-refractivity contribution >= 4 is 5.91 Å². The molecule has 0 aromatic rings. The molecule has 4 nitrogen and oxygen atoms in total. The highest BCUT2D eigenvalue weighted by Crippen LogP contribution is 1.98. The van der Waals surface area contributed by atoms with Crippen molar-refractivity contribution in [3.63, 3.8) is 0 Å². The molecular weight excluding hydrogens is 178 g/mol. The first-order chi connectivity index (χ1) is 6.57. The molecule has 0 rings (SSSR count). The van der Waals surface area contributed by atoms with Crippen LogP contribution in [0.15, 0.2) is 0 Å². The lowest BCUT2D eigenvalue weighted by molar-refractivity contribution is -0.125. The van der Waals surface area contributed by atoms with Gasteiger partial charge in [0.15, 0.2) is 0 Å². The molecule has 0 radical (unpaired) electrons. The van der Waals surface area contributed by atoms with Crippen LogP contribution in [0, 0.1) is 5.92 Å². The van der Waals surface area contributed by atoms with E-state index in [0.717, 1.165) is 25.9 Å². The van der Waals surface area contributed by atoms with Gasteiger partial charge in [0.1, 0.15) is 0 Å². The first kappa shape index (κ1) is 13.4. The van der Waals surface area contributed by atoms with Gasteiger partial charge in [0.2, 0.25) is 5.91 Å². The Morgan fingerprint density at radius 2 is 2.07 bits per heavy atom. The molecule has 0 aromatic heterocycles. The van der Waals surface area contributed by atoms with Crippen LogP contribution in [0.4, 0.5) is 0 Å². The fourth-order valence-corrected chi connectivity index (χ4v) is 0.942. The number of nitrogens with one attached hydrogen (secondary N) is 2. The first-order valence-corrected chi connectivity index (χ1v) is 5.25. The van der Waals surface area contributed by atoms with Gasteiger partial charge in [-0.15, -0.1) is 0 Å². The third kappa shape index (κ3) is 6.86. The van der Waals surface area contributed by atoms with Crippen molar-refractivity contribution < 1.29 is 4.79 Å². The molecule has 1 atom stereocenters. The average molecular weight is 201 g/mol. The minimum absolute atomic E-state index is 0.0809. The van der Waals surface area contributed by atoms with Gasteiger partial charge in [0.25, 0.3) is 0 Å². The second kappa shape index (κ2) is 7.76. The average Bonchev–Trinajstić information content (AvgIpc) is 2.15. The number of carbonyl (C=O) groups excluding carboxylic acids is 1. The van der Waals surface area contributed by atoms with E-state index < -0.39 is 0 Å². The van der Waals surface area contributed by atoms with Crippen molar-refractivity contribution in [1.29, 1.82) is 0 Å². The van der Waals surface area contributed by atoms with E-state index in [-0.39, 0.29) is 11.8 Å². The minimum Gasteiger partial charge on any atom is -0.309 e. The second-order valence-electron chi connectivity index (χ2n) is 3.88. The van der Waals surface area contributed by atoms with E-state index in [1.54, 1.807) is 0 Å². The largest absolute Gasteiger partial charge is 0.309 e. The lowest BCUT2D eigenvalue weighted by Crippen LogP contribution is -2.41. The van der Waals surface area contributed by atoms with E-state index in [2.05, 4.69) is 15.8 Å². The molecule has 14 heavy (non-hydrogen) atoms. The number of nitrogens with zero attached hydrogens (tertiary/aromatic N) is 1. The molecule has 0 aliphatic heterocycles. The molecule has 0 aromatic carbocycles. The molecule has 2 N–H and O–H groups in total. The third-order valence-electron chi connectivity index (χ3n) is 2.18. The van der Waals surface area contributed by atoms with Crippen molar-refractivity contribution in [3.05, 3.63) is 0 Å². The predicted molar refractivity (Wildman–Crippen MR) is 58.8 cm³/mol. The summed E-state index contributed by atoms with van der Waals surface area (Å²) >= 11 is 0. The van der Waals surface area contributed by atoms with Crippen LogP contribution in [-0.4, -0.2) is 38.0 Å². The number of rotatable bonds is 7. The Morgan fingerprint density at radius 1 is 1.43 bits per heavy atom. The van der Waals surface area contributed by atoms with Gasteiger partial charge >= 0.3 is 0 Å². The summed E-state index contributed by atoms with van der Waals surface area (Å²) in [5, 5.41) is 0. The fourth-order valence-electron chi connectivity index (χ4n) is 0.942. The summed E-state index contributed by atoms with van der Waals surface area (Å²) in [5.41, 5.74) is 5.63. The summed E-state index contributed by atoms with van der Waals surface area (Å²) in [6.45, 7) is 5.79. The van der Waals surface area contributed by atoms with Gasteiger partial charge in [-0.2, -0.15) is 0 Å². The molecule has 0 bridgehead atoms. The smallest absolute Gasteiger partial charge is 0.236 e. The van der Waals surface area contributed by atoms with Crippen LogP contribution >= 0.6 is 0 Å². The predicted octanol–water partition coefficient (Wildman–Crippen LogP) is 0.605. The van der Waals surface area contributed by atoms with E-state index in [4.69, 9.17) is 0 Å². The summed E-state index contributed by atoms with van der Waals surface area (Å²) < 4.78 is 0. The van der Waals surface area contributed by atoms with E-state index in [1.165, 1.54) is 0 Å². The van der Waals surface area contributed by atoms with Crippen LogP contribution in [0.1, 0.15) is 26.7 Å². The number of hydrogen-bond acceptors (Lipinski definition) is 3. The van der Waals surface area contributed by atoms with Gasteiger partial charge in [-0.25, -0.2) is 5.43 Å². The Bertz CT molecular complexity index is 159. The Kier molecular flexibility index (Phi) is 7.42. The van der Waals surface area contributed by atoms with Crippen molar-refractivity contribution in [2.45, 2.75) is 26.7 Å². The fraction of sp³-hybridized carbons (Fsp3) is 0.900. The number of hydrogen-bond donors (Lipinski definition) is 2. The molecule has 0 heterocycles. The van der Waals surface area contributed by atoms with Crippen LogP contribution in [-0.2, 0) is 4.79 Å². The van der Waals surface area contributed by atoms with Gasteiger partial charge in [-0.3, -0.25) is 10.2 Å². The van der Waals surface area contributed by atoms with Gasteiger partial charge in [-0.05, 0) is 33.5 Å². The molecule has 0 aliphatic carbocycles. The molecule has 0 saturated carbocycles. The van der Waals surface area contributed by atoms with Gasteiger partial charge < -0.3 is 4.90 Å². The lowest BCUT2D eigenvalue weighted by Gasteiger charge is -2.12. The molecule has 0 saturated heterocycles. The van der Waals surface area contributed by atoms with Gasteiger partial charge in [0.05, 0.1) is 0 Å². The topological polar surface area (TPSA) is 44.4 Å². The van der Waals surface area contributed by atoms with E-state index in [9.17, 15) is 4.79 Å². The highest BCUT2D eigenvalue weighted by molar-refractivity contribution is 5.77. The summed E-state index contributed by atoms with van der Waals surface area (Å²) in [5.74, 6) is 0.175. The second-order valence-corrected chi connectivity index (χ2v) is 3.88. The zero-order chi connectivity index (χ0) is 11.0. The molecule has 0 fully saturated rings. The molecule has 1 unspecified atom stereocenters. The normalized spacial score (nSPS) is 12.9. The van der Waals surface area contributed by atoms with Gasteiger partial charge in [-0.1, -0.05) is 13.8 Å². The maximum atomic E-state index is 11.3. The summed E-state index contributed by atoms with van der Waals surface area (Å²) in [4.78, 5) is 13.4. The number of carbonyl (C=O) groups is 1. The minimum atomic E-state index is 0.0809. The molecule has 0 spiro atoms. The molecule has 1 amide bonds. The lowest BCUT2D eigenvalue weighted by atomic mass is 10.1. The zero-order valence-electron chi connectivity index (χ0n) is 9.76. The summed E-state index contributed by atoms with van der Waals surface area (Å²) in [7, 11) is 4.08. The van der Waals surface area contributed by atoms with Crippen molar-refractivity contribution in [1.82, 2.24) is 15.8 Å². The quantitative estimate of drug-likeness (QED) is 0.468. The van der Waals surface area contributed by atoms with E-state index >= 15 is 0 Å². The standard InChI is InChI=1S/C10H23N3O/c1-5-9(2)10(14)12-11-7-6-8-13(3)4/h9,11H,5-8H2,1-4H3,(H,12,14). The SMILES string of the molecule is CCC(C)C(=O)NNCCCN(C)C. The maximum absolute atomic E-state index is 11.3. The number of hydrazine groups is 1. The number of amides is 1. The summed E-state index contributed by atoms with van der Waals surface area (Å²) in [6, 6.07) is 0. The van der Waals surface area contributed by atoms with Crippen molar-refractivity contribution in [2.24, 2.45) is 5.92 Å². The molecule has 0 aliphatic rings. The Labute approximate surface area is 87.0 Å². The highest BCUT2D eigenvalue weighted by atomic mass is 16.2. The third-order valence-corrected chi connectivity index (χ3v) is 2.18. The first-order valence-electron chi connectivity index (χ1n) is 5.25. The molecule has 4 heteroatoms. The molecular formula is C10H23N3O. The van der Waals surface area contributed by atoms with Crippen LogP contribution < -0.4 is 10.9 Å². The van der Waals surface area contributed by atoms with Crippen molar-refractivity contribution in [2.75, 3.05) is 27.2 Å². The Morgan fingerprint density at radius 3 is 2.57 bits per heavy atom. The van der Waals surface area contributed by atoms with Gasteiger partial charge in [0, 0.05) is 12.5 Å². The highest BCUT2D eigenvalue weighted by Gasteiger charge is 2.08. The van der Waals surface area contributed by atoms with Crippen LogP contribution in [0.3, 0.4) is 0 Å². The Balaban J connectivity index is 3.32. The van der Waals surface area contributed by atoms with E-state index in [0.29, 0.717) is 0 Å². The van der Waals surface area contributed by atoms with Crippen LogP contribution in [0.5, 0.6) is 0 Å². The Hall–Kier alpha value is -0.610. The van der Waals surface area contributed by atoms with Crippen molar-refractivity contribution in [3.8, 4) is 0 Å². The van der Waals surface area contributed by atoms with Crippen LogP contribution in [0.25, 0.3) is 0 Å². The zero-order valence-corrected chi connectivity index (χ0v) is 9.76. The maximum Gasteiger partial charge on any atom is 0.236 e.